The molecule has 0 spiro atoms. The Kier molecular flexibility index (Phi) is 6.78. The van der Waals surface area contributed by atoms with Gasteiger partial charge in [-0.15, -0.1) is 17.5 Å². The standard InChI is InChI=1S/C15H23N4O.2ClH/c1-19(9-5-2-6-10-19)11-12-20-15-14(16)13-7-3-4-8-18(13)17-15;;/h3-4,7-8H,2,5-6,9-12,16H2,1H3;2*1H/q+1;;/p-1. The van der Waals surface area contributed by atoms with Crippen LogP contribution in [0.1, 0.15) is 19.3 Å². The Labute approximate surface area is 143 Å². The van der Waals surface area contributed by atoms with Crippen molar-refractivity contribution in [1.82, 2.24) is 9.61 Å². The number of anilines is 1. The molecule has 1 fully saturated rings. The van der Waals surface area contributed by atoms with E-state index in [1.165, 1.54) is 32.4 Å². The SMILES string of the molecule is C[N+]1(CCOc2nn3ccccc3c2N)CCCCC1.Cl.[Cl-]. The smallest absolute Gasteiger partial charge is 0.257 e. The second-order valence-corrected chi connectivity index (χ2v) is 5.95. The highest BCUT2D eigenvalue weighted by molar-refractivity contribution is 5.85. The van der Waals surface area contributed by atoms with Crippen LogP contribution in [0.25, 0.3) is 5.52 Å². The molecule has 0 aromatic carbocycles. The molecule has 5 nitrogen and oxygen atoms in total. The highest BCUT2D eigenvalue weighted by atomic mass is 35.5. The lowest BCUT2D eigenvalue weighted by atomic mass is 10.1. The maximum Gasteiger partial charge on any atom is 0.257 e. The summed E-state index contributed by atoms with van der Waals surface area (Å²) in [5.41, 5.74) is 7.61. The van der Waals surface area contributed by atoms with Crippen LogP contribution in [0.4, 0.5) is 5.69 Å². The van der Waals surface area contributed by atoms with E-state index in [4.69, 9.17) is 10.5 Å². The Morgan fingerprint density at radius 1 is 1.27 bits per heavy atom. The molecule has 0 amide bonds. The first-order chi connectivity index (χ1) is 9.68. The molecular weight excluding hydrogens is 323 g/mol. The number of hydrogen-bond donors (Lipinski definition) is 1. The van der Waals surface area contributed by atoms with Crippen LogP contribution in [-0.2, 0) is 0 Å². The van der Waals surface area contributed by atoms with E-state index in [1.54, 1.807) is 4.52 Å². The number of pyridine rings is 1. The fraction of sp³-hybridized carbons (Fsp3) is 0.533. The van der Waals surface area contributed by atoms with Gasteiger partial charge in [0.15, 0.2) is 0 Å². The van der Waals surface area contributed by atoms with Gasteiger partial charge in [-0.2, -0.15) is 0 Å². The van der Waals surface area contributed by atoms with Gasteiger partial charge in [0.05, 0.1) is 25.7 Å². The third-order valence-corrected chi connectivity index (χ3v) is 4.31. The quantitative estimate of drug-likeness (QED) is 0.748. The molecule has 1 aliphatic rings. The minimum atomic E-state index is 0. The van der Waals surface area contributed by atoms with Crippen LogP contribution < -0.4 is 22.9 Å². The fourth-order valence-electron chi connectivity index (χ4n) is 2.96. The van der Waals surface area contributed by atoms with Gasteiger partial charge in [0.25, 0.3) is 5.88 Å². The van der Waals surface area contributed by atoms with Crippen LogP contribution in [-0.4, -0.2) is 47.4 Å². The number of likely N-dealkylation sites (tertiary alicyclic amines) is 1. The Bertz CT molecular complexity index is 596. The van der Waals surface area contributed by atoms with Gasteiger partial charge in [0.1, 0.15) is 18.8 Å². The Balaban J connectivity index is 0.00000121. The molecule has 1 saturated heterocycles. The van der Waals surface area contributed by atoms with Crippen molar-refractivity contribution in [2.75, 3.05) is 39.0 Å². The van der Waals surface area contributed by atoms with Gasteiger partial charge in [-0.3, -0.25) is 0 Å². The number of nitrogens with zero attached hydrogens (tertiary/aromatic N) is 3. The normalized spacial score (nSPS) is 16.6. The van der Waals surface area contributed by atoms with Gasteiger partial charge in [-0.1, -0.05) is 6.07 Å². The summed E-state index contributed by atoms with van der Waals surface area (Å²) in [4.78, 5) is 0. The molecule has 2 aromatic heterocycles. The van der Waals surface area contributed by atoms with E-state index < -0.39 is 0 Å². The van der Waals surface area contributed by atoms with Crippen molar-refractivity contribution in [2.24, 2.45) is 0 Å². The van der Waals surface area contributed by atoms with E-state index in [0.29, 0.717) is 18.2 Å². The van der Waals surface area contributed by atoms with Gasteiger partial charge >= 0.3 is 0 Å². The second kappa shape index (κ2) is 7.90. The summed E-state index contributed by atoms with van der Waals surface area (Å²) in [7, 11) is 2.32. The third kappa shape index (κ3) is 3.97. The monoisotopic (exact) mass is 346 g/mol. The van der Waals surface area contributed by atoms with Crippen LogP contribution in [0.3, 0.4) is 0 Å². The van der Waals surface area contributed by atoms with E-state index in [9.17, 15) is 0 Å². The lowest BCUT2D eigenvalue weighted by Crippen LogP contribution is -3.00. The molecule has 7 heteroatoms. The number of aromatic nitrogens is 2. The topological polar surface area (TPSA) is 52.5 Å². The first-order valence-corrected chi connectivity index (χ1v) is 7.37. The lowest BCUT2D eigenvalue weighted by molar-refractivity contribution is -0.914. The van der Waals surface area contributed by atoms with Gasteiger partial charge in [-0.05, 0) is 31.4 Å². The van der Waals surface area contributed by atoms with Crippen molar-refractivity contribution >= 4 is 23.6 Å². The molecule has 124 valence electrons. The Morgan fingerprint density at radius 2 is 2.00 bits per heavy atom. The van der Waals surface area contributed by atoms with Crippen LogP contribution in [0.5, 0.6) is 5.88 Å². The van der Waals surface area contributed by atoms with E-state index in [-0.39, 0.29) is 24.8 Å². The number of nitrogen functional groups attached to an aromatic ring is 1. The molecule has 3 rings (SSSR count). The van der Waals surface area contributed by atoms with Crippen molar-refractivity contribution in [3.05, 3.63) is 24.4 Å². The molecule has 0 bridgehead atoms. The average molecular weight is 347 g/mol. The maximum absolute atomic E-state index is 6.08. The van der Waals surface area contributed by atoms with Crippen LogP contribution >= 0.6 is 12.4 Å². The molecule has 0 atom stereocenters. The molecule has 1 aliphatic heterocycles. The zero-order valence-corrected chi connectivity index (χ0v) is 14.4. The third-order valence-electron chi connectivity index (χ3n) is 4.31. The summed E-state index contributed by atoms with van der Waals surface area (Å²) in [6, 6.07) is 5.84. The summed E-state index contributed by atoms with van der Waals surface area (Å²) in [6.45, 7) is 4.20. The zero-order chi connectivity index (χ0) is 14.0. The van der Waals surface area contributed by atoms with Gasteiger partial charge in [0, 0.05) is 6.20 Å². The number of ether oxygens (including phenoxy) is 1. The van der Waals surface area contributed by atoms with Crippen molar-refractivity contribution in [3.63, 3.8) is 0 Å². The first kappa shape index (κ1) is 18.9. The summed E-state index contributed by atoms with van der Waals surface area (Å²) >= 11 is 0. The van der Waals surface area contributed by atoms with E-state index in [1.807, 2.05) is 24.4 Å². The second-order valence-electron chi connectivity index (χ2n) is 5.95. The van der Waals surface area contributed by atoms with Crippen LogP contribution in [0.15, 0.2) is 24.4 Å². The molecule has 2 N–H and O–H groups in total. The minimum absolute atomic E-state index is 0. The minimum Gasteiger partial charge on any atom is -1.00 e. The predicted molar refractivity (Wildman–Crippen MR) is 87.0 cm³/mol. The summed E-state index contributed by atoms with van der Waals surface area (Å²) in [5.74, 6) is 0.555. The largest absolute Gasteiger partial charge is 1.00 e. The van der Waals surface area contributed by atoms with Gasteiger partial charge in [0.2, 0.25) is 0 Å². The number of quaternary nitrogens is 1. The molecule has 0 radical (unpaired) electrons. The van der Waals surface area contributed by atoms with Gasteiger partial charge < -0.3 is 27.4 Å². The number of piperidine rings is 1. The first-order valence-electron chi connectivity index (χ1n) is 7.37. The van der Waals surface area contributed by atoms with Crippen molar-refractivity contribution in [2.45, 2.75) is 19.3 Å². The van der Waals surface area contributed by atoms with Crippen LogP contribution in [0, 0.1) is 0 Å². The number of likely N-dealkylation sites (N-methyl/N-ethyl adjacent to an activating group) is 1. The molecule has 0 aliphatic carbocycles. The van der Waals surface area contributed by atoms with E-state index >= 15 is 0 Å². The average Bonchev–Trinajstić information content (AvgIpc) is 2.77. The number of nitrogens with two attached hydrogens (primary N) is 1. The Hall–Kier alpha value is -1.17. The Morgan fingerprint density at radius 3 is 2.68 bits per heavy atom. The molecular formula is C15H24Cl2N4O. The fourth-order valence-corrected chi connectivity index (χ4v) is 2.96. The van der Waals surface area contributed by atoms with Crippen molar-refractivity contribution in [3.8, 4) is 5.88 Å². The number of rotatable bonds is 4. The van der Waals surface area contributed by atoms with E-state index in [0.717, 1.165) is 16.5 Å². The molecule has 3 heterocycles. The molecule has 0 unspecified atom stereocenters. The number of hydrogen-bond acceptors (Lipinski definition) is 3. The lowest BCUT2D eigenvalue weighted by Gasteiger charge is -2.37. The summed E-state index contributed by atoms with van der Waals surface area (Å²) in [5, 5.41) is 4.38. The molecule has 2 aromatic rings. The number of halogens is 2. The summed E-state index contributed by atoms with van der Waals surface area (Å²) in [6.07, 6.45) is 5.91. The van der Waals surface area contributed by atoms with Crippen molar-refractivity contribution < 1.29 is 21.6 Å². The van der Waals surface area contributed by atoms with E-state index in [2.05, 4.69) is 12.1 Å². The zero-order valence-electron chi connectivity index (χ0n) is 12.9. The van der Waals surface area contributed by atoms with Crippen molar-refractivity contribution in [1.29, 1.82) is 0 Å². The van der Waals surface area contributed by atoms with Crippen LogP contribution in [0.2, 0.25) is 0 Å². The molecule has 22 heavy (non-hydrogen) atoms. The highest BCUT2D eigenvalue weighted by Crippen LogP contribution is 2.25. The predicted octanol–water partition coefficient (Wildman–Crippen LogP) is -0.648. The number of fused-ring (bicyclic) bond motifs is 1. The summed E-state index contributed by atoms with van der Waals surface area (Å²) < 4.78 is 8.69. The maximum atomic E-state index is 6.08. The highest BCUT2D eigenvalue weighted by Gasteiger charge is 2.24. The van der Waals surface area contributed by atoms with Gasteiger partial charge in [-0.25, -0.2) is 4.52 Å². The molecule has 0 saturated carbocycles.